The first-order valence-corrected chi connectivity index (χ1v) is 7.62. The van der Waals surface area contributed by atoms with E-state index in [0.717, 1.165) is 25.7 Å². The molecular formula is C18H24N2. The van der Waals surface area contributed by atoms with Gasteiger partial charge in [-0.3, -0.25) is 0 Å². The van der Waals surface area contributed by atoms with E-state index in [4.69, 9.17) is 0 Å². The number of hydrogen-bond acceptors (Lipinski definition) is 2. The molecule has 1 aliphatic rings. The Balaban J connectivity index is 1.59. The lowest BCUT2D eigenvalue weighted by Gasteiger charge is -2.17. The number of benzene rings is 2. The SMILES string of the molecule is Cc1ccc2cc(CN(C)CCNC3CC3)ccc2c1. The van der Waals surface area contributed by atoms with Crippen molar-refractivity contribution < 1.29 is 0 Å². The number of aryl methyl sites for hydroxylation is 1. The zero-order chi connectivity index (χ0) is 13.9. The fourth-order valence-corrected chi connectivity index (χ4v) is 2.65. The molecule has 2 aromatic rings. The van der Waals surface area contributed by atoms with Crippen molar-refractivity contribution >= 4 is 10.8 Å². The van der Waals surface area contributed by atoms with Crippen molar-refractivity contribution in [3.8, 4) is 0 Å². The second-order valence-electron chi connectivity index (χ2n) is 6.15. The van der Waals surface area contributed by atoms with Crippen LogP contribution in [0.4, 0.5) is 0 Å². The molecule has 0 aliphatic heterocycles. The maximum atomic E-state index is 3.57. The van der Waals surface area contributed by atoms with E-state index in [9.17, 15) is 0 Å². The Bertz CT molecular complexity index is 587. The van der Waals surface area contributed by atoms with Crippen LogP contribution in [0, 0.1) is 6.92 Å². The molecule has 2 nitrogen and oxygen atoms in total. The van der Waals surface area contributed by atoms with Crippen LogP contribution >= 0.6 is 0 Å². The molecule has 3 rings (SSSR count). The van der Waals surface area contributed by atoms with Gasteiger partial charge in [-0.05, 0) is 49.2 Å². The summed E-state index contributed by atoms with van der Waals surface area (Å²) in [6.07, 6.45) is 2.74. The molecule has 0 radical (unpaired) electrons. The third-order valence-corrected chi connectivity index (χ3v) is 4.02. The van der Waals surface area contributed by atoms with Crippen molar-refractivity contribution in [1.82, 2.24) is 10.2 Å². The number of nitrogens with one attached hydrogen (secondary N) is 1. The summed E-state index contributed by atoms with van der Waals surface area (Å²) < 4.78 is 0. The summed E-state index contributed by atoms with van der Waals surface area (Å²) in [5, 5.41) is 6.25. The predicted molar refractivity (Wildman–Crippen MR) is 86.0 cm³/mol. The molecule has 2 aromatic carbocycles. The Morgan fingerprint density at radius 3 is 2.65 bits per heavy atom. The van der Waals surface area contributed by atoms with Gasteiger partial charge in [-0.15, -0.1) is 0 Å². The smallest absolute Gasteiger partial charge is 0.0231 e. The van der Waals surface area contributed by atoms with Crippen LogP contribution < -0.4 is 5.32 Å². The zero-order valence-electron chi connectivity index (χ0n) is 12.5. The monoisotopic (exact) mass is 268 g/mol. The second kappa shape index (κ2) is 5.94. The first kappa shape index (κ1) is 13.6. The molecule has 0 unspecified atom stereocenters. The van der Waals surface area contributed by atoms with Crippen LogP contribution in [0.2, 0.25) is 0 Å². The van der Waals surface area contributed by atoms with Crippen molar-refractivity contribution in [2.24, 2.45) is 0 Å². The number of nitrogens with zero attached hydrogens (tertiary/aromatic N) is 1. The molecule has 0 amide bonds. The molecule has 0 spiro atoms. The Labute approximate surface area is 121 Å². The zero-order valence-corrected chi connectivity index (χ0v) is 12.5. The van der Waals surface area contributed by atoms with Crippen LogP contribution in [0.25, 0.3) is 10.8 Å². The topological polar surface area (TPSA) is 15.3 Å². The normalized spacial score (nSPS) is 15.2. The van der Waals surface area contributed by atoms with Crippen LogP contribution in [0.3, 0.4) is 0 Å². The van der Waals surface area contributed by atoms with Gasteiger partial charge in [0.15, 0.2) is 0 Å². The van der Waals surface area contributed by atoms with E-state index in [-0.39, 0.29) is 0 Å². The van der Waals surface area contributed by atoms with Gasteiger partial charge in [-0.1, -0.05) is 35.9 Å². The summed E-state index contributed by atoms with van der Waals surface area (Å²) in [5.74, 6) is 0. The van der Waals surface area contributed by atoms with E-state index in [1.807, 2.05) is 0 Å². The van der Waals surface area contributed by atoms with Crippen molar-refractivity contribution in [2.45, 2.75) is 32.4 Å². The minimum Gasteiger partial charge on any atom is -0.313 e. The molecule has 0 heterocycles. The van der Waals surface area contributed by atoms with E-state index in [2.05, 4.69) is 60.6 Å². The van der Waals surface area contributed by atoms with Gasteiger partial charge in [0.05, 0.1) is 0 Å². The molecule has 1 saturated carbocycles. The summed E-state index contributed by atoms with van der Waals surface area (Å²) in [7, 11) is 2.20. The summed E-state index contributed by atoms with van der Waals surface area (Å²) in [4.78, 5) is 2.39. The maximum Gasteiger partial charge on any atom is 0.0231 e. The highest BCUT2D eigenvalue weighted by atomic mass is 15.1. The standard InChI is InChI=1S/C18H24N2/c1-14-3-5-17-12-15(4-6-16(17)11-14)13-20(2)10-9-19-18-7-8-18/h3-6,11-12,18-19H,7-10,13H2,1-2H3. The van der Waals surface area contributed by atoms with Gasteiger partial charge in [0, 0.05) is 25.7 Å². The number of likely N-dealkylation sites (N-methyl/N-ethyl adjacent to an activating group) is 1. The first-order chi connectivity index (χ1) is 9.70. The minimum atomic E-state index is 0.812. The van der Waals surface area contributed by atoms with Gasteiger partial charge < -0.3 is 10.2 Å². The van der Waals surface area contributed by atoms with Crippen molar-refractivity contribution in [1.29, 1.82) is 0 Å². The molecule has 0 bridgehead atoms. The largest absolute Gasteiger partial charge is 0.313 e. The number of fused-ring (bicyclic) bond motifs is 1. The van der Waals surface area contributed by atoms with Crippen LogP contribution in [0.1, 0.15) is 24.0 Å². The van der Waals surface area contributed by atoms with Gasteiger partial charge in [0.25, 0.3) is 0 Å². The Kier molecular flexibility index (Phi) is 4.04. The summed E-state index contributed by atoms with van der Waals surface area (Å²) in [6, 6.07) is 14.3. The molecule has 0 aromatic heterocycles. The summed E-state index contributed by atoms with van der Waals surface area (Å²) >= 11 is 0. The lowest BCUT2D eigenvalue weighted by molar-refractivity contribution is 0.324. The van der Waals surface area contributed by atoms with Crippen LogP contribution in [0.5, 0.6) is 0 Å². The molecule has 1 aliphatic carbocycles. The fraction of sp³-hybridized carbons (Fsp3) is 0.444. The highest BCUT2D eigenvalue weighted by molar-refractivity contribution is 5.83. The average molecular weight is 268 g/mol. The number of rotatable bonds is 6. The average Bonchev–Trinajstić information content (AvgIpc) is 3.23. The first-order valence-electron chi connectivity index (χ1n) is 7.62. The Morgan fingerprint density at radius 2 is 1.85 bits per heavy atom. The highest BCUT2D eigenvalue weighted by Gasteiger charge is 2.19. The molecule has 106 valence electrons. The van der Waals surface area contributed by atoms with E-state index in [1.54, 1.807) is 0 Å². The van der Waals surface area contributed by atoms with Gasteiger partial charge in [-0.25, -0.2) is 0 Å². The molecule has 0 atom stereocenters. The summed E-state index contributed by atoms with van der Waals surface area (Å²) in [6.45, 7) is 5.39. The molecule has 1 fully saturated rings. The molecule has 0 saturated heterocycles. The number of hydrogen-bond donors (Lipinski definition) is 1. The lowest BCUT2D eigenvalue weighted by atomic mass is 10.0. The molecule has 1 N–H and O–H groups in total. The van der Waals surface area contributed by atoms with Crippen LogP contribution in [0.15, 0.2) is 36.4 Å². The molecule has 2 heteroatoms. The third kappa shape index (κ3) is 3.59. The summed E-state index contributed by atoms with van der Waals surface area (Å²) in [5.41, 5.74) is 2.73. The third-order valence-electron chi connectivity index (χ3n) is 4.02. The van der Waals surface area contributed by atoms with Crippen molar-refractivity contribution in [2.75, 3.05) is 20.1 Å². The van der Waals surface area contributed by atoms with Crippen LogP contribution in [-0.4, -0.2) is 31.1 Å². The van der Waals surface area contributed by atoms with Crippen LogP contribution in [-0.2, 0) is 6.54 Å². The van der Waals surface area contributed by atoms with Gasteiger partial charge in [0.2, 0.25) is 0 Å². The molecular weight excluding hydrogens is 244 g/mol. The lowest BCUT2D eigenvalue weighted by Crippen LogP contribution is -2.30. The minimum absolute atomic E-state index is 0.812. The highest BCUT2D eigenvalue weighted by Crippen LogP contribution is 2.19. The van der Waals surface area contributed by atoms with Gasteiger partial charge in [-0.2, -0.15) is 0 Å². The van der Waals surface area contributed by atoms with E-state index in [1.165, 1.54) is 34.7 Å². The maximum absolute atomic E-state index is 3.57. The van der Waals surface area contributed by atoms with Gasteiger partial charge in [0.1, 0.15) is 0 Å². The van der Waals surface area contributed by atoms with Crippen molar-refractivity contribution in [3.05, 3.63) is 47.5 Å². The van der Waals surface area contributed by atoms with E-state index < -0.39 is 0 Å². The van der Waals surface area contributed by atoms with Crippen molar-refractivity contribution in [3.63, 3.8) is 0 Å². The fourth-order valence-electron chi connectivity index (χ4n) is 2.65. The van der Waals surface area contributed by atoms with Gasteiger partial charge >= 0.3 is 0 Å². The second-order valence-corrected chi connectivity index (χ2v) is 6.15. The van der Waals surface area contributed by atoms with E-state index in [0.29, 0.717) is 0 Å². The Morgan fingerprint density at radius 1 is 1.10 bits per heavy atom. The quantitative estimate of drug-likeness (QED) is 0.864. The molecule has 20 heavy (non-hydrogen) atoms. The predicted octanol–water partition coefficient (Wildman–Crippen LogP) is 3.33. The van der Waals surface area contributed by atoms with E-state index >= 15 is 0 Å². The Hall–Kier alpha value is -1.38.